The minimum Gasteiger partial charge on any atom is -0.478 e. The van der Waals surface area contributed by atoms with Crippen molar-refractivity contribution in [3.05, 3.63) is 48.1 Å². The van der Waals surface area contributed by atoms with Gasteiger partial charge in [-0.3, -0.25) is 0 Å². The largest absolute Gasteiger partial charge is 0.478 e. The Hall–Kier alpha value is -2.03. The Labute approximate surface area is 126 Å². The molecule has 21 heavy (non-hydrogen) atoms. The Morgan fingerprint density at radius 3 is 2.67 bits per heavy atom. The molecule has 0 heterocycles. The smallest absolute Gasteiger partial charge is 0.328 e. The Kier molecular flexibility index (Phi) is 6.07. The Bertz CT molecular complexity index is 502. The molecule has 0 aromatic heterocycles. The van der Waals surface area contributed by atoms with Gasteiger partial charge in [0.25, 0.3) is 0 Å². The highest BCUT2D eigenvalue weighted by Gasteiger charge is 2.06. The summed E-state index contributed by atoms with van der Waals surface area (Å²) >= 11 is 0. The monoisotopic (exact) mass is 285 g/mol. The molecular weight excluding hydrogens is 262 g/mol. The van der Waals surface area contributed by atoms with Gasteiger partial charge in [-0.25, -0.2) is 4.79 Å². The summed E-state index contributed by atoms with van der Waals surface area (Å²) in [5.74, 6) is -0.923. The predicted molar refractivity (Wildman–Crippen MR) is 87.4 cm³/mol. The zero-order chi connectivity index (χ0) is 14.9. The van der Waals surface area contributed by atoms with E-state index in [0.717, 1.165) is 23.7 Å². The van der Waals surface area contributed by atoms with Crippen LogP contribution in [0.3, 0.4) is 0 Å². The van der Waals surface area contributed by atoms with E-state index in [0.29, 0.717) is 6.04 Å². The molecule has 1 atom stereocenters. The fraction of sp³-hybridized carbons (Fsp3) is 0.389. The molecule has 1 unspecified atom stereocenters. The van der Waals surface area contributed by atoms with Gasteiger partial charge in [0.2, 0.25) is 0 Å². The lowest BCUT2D eigenvalue weighted by molar-refractivity contribution is -0.131. The van der Waals surface area contributed by atoms with Crippen molar-refractivity contribution >= 4 is 17.7 Å². The van der Waals surface area contributed by atoms with Crippen LogP contribution in [0.25, 0.3) is 6.08 Å². The number of carboxylic acid groups (broad SMARTS) is 1. The van der Waals surface area contributed by atoms with Gasteiger partial charge in [-0.1, -0.05) is 43.5 Å². The lowest BCUT2D eigenvalue weighted by Gasteiger charge is -2.16. The van der Waals surface area contributed by atoms with Crippen LogP contribution in [-0.4, -0.2) is 17.1 Å². The minimum atomic E-state index is -0.923. The second-order valence-electron chi connectivity index (χ2n) is 5.46. The average Bonchev–Trinajstić information content (AvgIpc) is 2.60. The molecule has 0 radical (unpaired) electrons. The van der Waals surface area contributed by atoms with Crippen molar-refractivity contribution in [2.45, 2.75) is 44.6 Å². The van der Waals surface area contributed by atoms with Crippen molar-refractivity contribution in [2.24, 2.45) is 0 Å². The molecule has 0 spiro atoms. The Morgan fingerprint density at radius 1 is 1.14 bits per heavy atom. The lowest BCUT2D eigenvalue weighted by atomic mass is 10.1. The van der Waals surface area contributed by atoms with Crippen LogP contribution in [0.4, 0.5) is 5.69 Å². The molecule has 3 heteroatoms. The van der Waals surface area contributed by atoms with Gasteiger partial charge >= 0.3 is 5.97 Å². The molecule has 1 aromatic carbocycles. The van der Waals surface area contributed by atoms with E-state index in [2.05, 4.69) is 17.5 Å². The number of carboxylic acids is 1. The molecule has 1 aromatic rings. The number of hydrogen-bond donors (Lipinski definition) is 2. The summed E-state index contributed by atoms with van der Waals surface area (Å²) in [6.45, 7) is 0. The van der Waals surface area contributed by atoms with Gasteiger partial charge in [-0.05, 0) is 43.0 Å². The van der Waals surface area contributed by atoms with Crippen LogP contribution in [0.15, 0.2) is 42.5 Å². The van der Waals surface area contributed by atoms with Crippen LogP contribution >= 0.6 is 0 Å². The molecule has 112 valence electrons. The van der Waals surface area contributed by atoms with Gasteiger partial charge < -0.3 is 10.4 Å². The number of allylic oxidation sites excluding steroid dienone is 1. The molecule has 0 saturated carbocycles. The van der Waals surface area contributed by atoms with E-state index in [1.165, 1.54) is 32.1 Å². The third kappa shape index (κ3) is 5.86. The summed E-state index contributed by atoms with van der Waals surface area (Å²) in [4.78, 5) is 10.5. The van der Waals surface area contributed by atoms with Crippen molar-refractivity contribution in [1.82, 2.24) is 0 Å². The summed E-state index contributed by atoms with van der Waals surface area (Å²) < 4.78 is 0. The highest BCUT2D eigenvalue weighted by molar-refractivity contribution is 5.85. The third-order valence-corrected chi connectivity index (χ3v) is 3.69. The molecule has 2 rings (SSSR count). The topological polar surface area (TPSA) is 49.3 Å². The van der Waals surface area contributed by atoms with Crippen LogP contribution in [-0.2, 0) is 4.79 Å². The summed E-state index contributed by atoms with van der Waals surface area (Å²) in [5.41, 5.74) is 1.98. The van der Waals surface area contributed by atoms with E-state index in [4.69, 9.17) is 5.11 Å². The van der Waals surface area contributed by atoms with Crippen LogP contribution < -0.4 is 5.32 Å². The van der Waals surface area contributed by atoms with Gasteiger partial charge in [0.05, 0.1) is 0 Å². The molecule has 0 fully saturated rings. The zero-order valence-corrected chi connectivity index (χ0v) is 12.3. The van der Waals surface area contributed by atoms with Crippen molar-refractivity contribution in [3.63, 3.8) is 0 Å². The lowest BCUT2D eigenvalue weighted by Crippen LogP contribution is -2.16. The second-order valence-corrected chi connectivity index (χ2v) is 5.46. The molecule has 0 bridgehead atoms. The number of rotatable bonds is 4. The highest BCUT2D eigenvalue weighted by atomic mass is 16.4. The van der Waals surface area contributed by atoms with Crippen molar-refractivity contribution in [2.75, 3.05) is 5.32 Å². The van der Waals surface area contributed by atoms with Crippen molar-refractivity contribution in [3.8, 4) is 0 Å². The molecular formula is C18H23NO2. The van der Waals surface area contributed by atoms with E-state index in [9.17, 15) is 4.79 Å². The summed E-state index contributed by atoms with van der Waals surface area (Å²) in [7, 11) is 0. The first-order valence-electron chi connectivity index (χ1n) is 7.68. The van der Waals surface area contributed by atoms with Gasteiger partial charge in [-0.2, -0.15) is 0 Å². The van der Waals surface area contributed by atoms with E-state index >= 15 is 0 Å². The SMILES string of the molecule is O=C(O)/C=C/c1ccc(NC2/C=C\CCCCCC2)cc1. The molecule has 1 aliphatic rings. The normalized spacial score (nSPS) is 21.2. The first kappa shape index (κ1) is 15.4. The zero-order valence-electron chi connectivity index (χ0n) is 12.3. The predicted octanol–water partition coefficient (Wildman–Crippen LogP) is 4.48. The molecule has 0 amide bonds. The maximum Gasteiger partial charge on any atom is 0.328 e. The number of aliphatic carboxylic acids is 1. The maximum atomic E-state index is 10.5. The molecule has 2 N–H and O–H groups in total. The van der Waals surface area contributed by atoms with E-state index in [1.807, 2.05) is 24.3 Å². The van der Waals surface area contributed by atoms with E-state index in [1.54, 1.807) is 6.08 Å². The highest BCUT2D eigenvalue weighted by Crippen LogP contribution is 2.17. The summed E-state index contributed by atoms with van der Waals surface area (Å²) in [5, 5.41) is 12.2. The van der Waals surface area contributed by atoms with Crippen LogP contribution in [0, 0.1) is 0 Å². The number of anilines is 1. The van der Waals surface area contributed by atoms with E-state index in [-0.39, 0.29) is 0 Å². The average molecular weight is 285 g/mol. The summed E-state index contributed by atoms with van der Waals surface area (Å²) in [6.07, 6.45) is 14.9. The molecule has 0 saturated heterocycles. The minimum absolute atomic E-state index is 0.392. The first-order valence-corrected chi connectivity index (χ1v) is 7.68. The standard InChI is InChI=1S/C18H23NO2/c20-18(21)14-11-15-9-12-17(13-10-15)19-16-7-5-3-1-2-4-6-8-16/h5,7,9-14,16,19H,1-4,6,8H2,(H,20,21)/b7-5-,14-11+. The van der Waals surface area contributed by atoms with Gasteiger partial charge in [0, 0.05) is 17.8 Å². The molecule has 1 aliphatic carbocycles. The quantitative estimate of drug-likeness (QED) is 0.633. The van der Waals surface area contributed by atoms with Crippen LogP contribution in [0.2, 0.25) is 0 Å². The van der Waals surface area contributed by atoms with Gasteiger partial charge in [-0.15, -0.1) is 0 Å². The number of nitrogens with one attached hydrogen (secondary N) is 1. The number of carbonyl (C=O) groups is 1. The van der Waals surface area contributed by atoms with Gasteiger partial charge in [0.1, 0.15) is 0 Å². The number of benzene rings is 1. The van der Waals surface area contributed by atoms with Gasteiger partial charge in [0.15, 0.2) is 0 Å². The fourth-order valence-electron chi connectivity index (χ4n) is 2.53. The Balaban J connectivity index is 1.95. The van der Waals surface area contributed by atoms with Crippen LogP contribution in [0.5, 0.6) is 0 Å². The Morgan fingerprint density at radius 2 is 1.90 bits per heavy atom. The van der Waals surface area contributed by atoms with Crippen LogP contribution in [0.1, 0.15) is 44.1 Å². The third-order valence-electron chi connectivity index (χ3n) is 3.69. The second kappa shape index (κ2) is 8.30. The first-order chi connectivity index (χ1) is 10.2. The molecule has 3 nitrogen and oxygen atoms in total. The fourth-order valence-corrected chi connectivity index (χ4v) is 2.53. The number of hydrogen-bond acceptors (Lipinski definition) is 2. The molecule has 0 aliphatic heterocycles. The maximum absolute atomic E-state index is 10.5. The van der Waals surface area contributed by atoms with E-state index < -0.39 is 5.97 Å². The van der Waals surface area contributed by atoms with Crippen molar-refractivity contribution < 1.29 is 9.90 Å². The van der Waals surface area contributed by atoms with Crippen molar-refractivity contribution in [1.29, 1.82) is 0 Å². The summed E-state index contributed by atoms with van der Waals surface area (Å²) in [6, 6.07) is 8.26.